The number of halogens is 2. The van der Waals surface area contributed by atoms with Gasteiger partial charge in [-0.15, -0.1) is 0 Å². The number of methoxy groups -OCH3 is 1. The molecule has 0 aliphatic rings. The van der Waals surface area contributed by atoms with Gasteiger partial charge in [-0.3, -0.25) is 24.0 Å². The number of hydrogen-bond acceptors (Lipinski definition) is 6. The molecule has 1 aromatic heterocycles. The first-order valence-electron chi connectivity index (χ1n) is 9.85. The standard InChI is InChI=1S/C22H22F2N4O5/c1-32-10-9-27(18(29)13-33-17-8-7-15(23)11-16(17)24)19-20(25)28(22(31)26-21(19)30)12-14-5-3-2-4-6-14/h2-8,11H,9-10,12-13,25H2,1H3,(H,26,30,31). The number of hydrogen-bond donors (Lipinski definition) is 2. The Labute approximate surface area is 187 Å². The predicted molar refractivity (Wildman–Crippen MR) is 117 cm³/mol. The third-order valence-corrected chi connectivity index (χ3v) is 4.73. The zero-order valence-electron chi connectivity index (χ0n) is 17.7. The zero-order chi connectivity index (χ0) is 24.0. The molecule has 9 nitrogen and oxygen atoms in total. The highest BCUT2D eigenvalue weighted by Crippen LogP contribution is 2.20. The van der Waals surface area contributed by atoms with Gasteiger partial charge in [0.2, 0.25) is 0 Å². The first-order chi connectivity index (χ1) is 15.8. The summed E-state index contributed by atoms with van der Waals surface area (Å²) < 4.78 is 38.2. The molecule has 3 rings (SSSR count). The second-order valence-electron chi connectivity index (χ2n) is 6.97. The van der Waals surface area contributed by atoms with Gasteiger partial charge in [0.25, 0.3) is 11.5 Å². The van der Waals surface area contributed by atoms with E-state index in [9.17, 15) is 23.2 Å². The molecule has 2 aromatic carbocycles. The average molecular weight is 460 g/mol. The Bertz CT molecular complexity index is 1240. The number of carbonyl (C=O) groups excluding carboxylic acids is 1. The number of carbonyl (C=O) groups is 1. The molecule has 0 aliphatic carbocycles. The number of nitrogens with one attached hydrogen (secondary N) is 1. The van der Waals surface area contributed by atoms with Crippen LogP contribution in [0.1, 0.15) is 5.56 Å². The molecule has 3 aromatic rings. The highest BCUT2D eigenvalue weighted by atomic mass is 19.1. The molecule has 0 radical (unpaired) electrons. The number of rotatable bonds is 9. The normalized spacial score (nSPS) is 10.8. The number of anilines is 2. The summed E-state index contributed by atoms with van der Waals surface area (Å²) in [7, 11) is 1.40. The molecule has 0 bridgehead atoms. The molecule has 3 N–H and O–H groups in total. The van der Waals surface area contributed by atoms with Crippen LogP contribution in [0.2, 0.25) is 0 Å². The first-order valence-corrected chi connectivity index (χ1v) is 9.85. The molecule has 0 saturated heterocycles. The average Bonchev–Trinajstić information content (AvgIpc) is 2.78. The summed E-state index contributed by atoms with van der Waals surface area (Å²) in [6.45, 7) is -0.684. The fourth-order valence-corrected chi connectivity index (χ4v) is 3.11. The van der Waals surface area contributed by atoms with E-state index in [1.165, 1.54) is 7.11 Å². The summed E-state index contributed by atoms with van der Waals surface area (Å²) in [4.78, 5) is 41.1. The summed E-state index contributed by atoms with van der Waals surface area (Å²) in [5.41, 5.74) is 5.02. The van der Waals surface area contributed by atoms with Crippen LogP contribution in [-0.2, 0) is 16.1 Å². The third-order valence-electron chi connectivity index (χ3n) is 4.73. The molecule has 0 spiro atoms. The molecule has 33 heavy (non-hydrogen) atoms. The maximum absolute atomic E-state index is 13.8. The summed E-state index contributed by atoms with van der Waals surface area (Å²) >= 11 is 0. The maximum atomic E-state index is 13.8. The van der Waals surface area contributed by atoms with Gasteiger partial charge in [-0.2, -0.15) is 0 Å². The van der Waals surface area contributed by atoms with E-state index in [0.717, 1.165) is 27.2 Å². The largest absolute Gasteiger partial charge is 0.481 e. The molecule has 1 heterocycles. The highest BCUT2D eigenvalue weighted by Gasteiger charge is 2.25. The van der Waals surface area contributed by atoms with E-state index < -0.39 is 35.4 Å². The number of nitrogens with two attached hydrogens (primary N) is 1. The van der Waals surface area contributed by atoms with Crippen molar-refractivity contribution in [1.82, 2.24) is 9.55 Å². The fourth-order valence-electron chi connectivity index (χ4n) is 3.11. The number of nitrogen functional groups attached to an aromatic ring is 1. The summed E-state index contributed by atoms with van der Waals surface area (Å²) in [6.07, 6.45) is 0. The molecule has 0 unspecified atom stereocenters. The van der Waals surface area contributed by atoms with Crippen LogP contribution in [-0.4, -0.2) is 42.3 Å². The number of amides is 1. The minimum Gasteiger partial charge on any atom is -0.481 e. The van der Waals surface area contributed by atoms with Crippen molar-refractivity contribution in [3.05, 3.63) is 86.6 Å². The van der Waals surface area contributed by atoms with E-state index in [1.54, 1.807) is 24.3 Å². The Hall–Kier alpha value is -3.99. The van der Waals surface area contributed by atoms with Gasteiger partial charge in [0, 0.05) is 19.7 Å². The molecule has 1 amide bonds. The number of nitrogens with zero attached hydrogens (tertiary/aromatic N) is 2. The van der Waals surface area contributed by atoms with E-state index >= 15 is 0 Å². The molecule has 0 aliphatic heterocycles. The topological polar surface area (TPSA) is 120 Å². The summed E-state index contributed by atoms with van der Waals surface area (Å²) in [5, 5.41) is 0. The van der Waals surface area contributed by atoms with Crippen LogP contribution in [0, 0.1) is 11.6 Å². The van der Waals surface area contributed by atoms with Crippen molar-refractivity contribution in [2.24, 2.45) is 0 Å². The van der Waals surface area contributed by atoms with Crippen LogP contribution >= 0.6 is 0 Å². The molecular weight excluding hydrogens is 438 g/mol. The van der Waals surface area contributed by atoms with Gasteiger partial charge in [-0.1, -0.05) is 30.3 Å². The van der Waals surface area contributed by atoms with Crippen molar-refractivity contribution in [2.75, 3.05) is 37.5 Å². The number of benzene rings is 2. The number of ether oxygens (including phenoxy) is 2. The summed E-state index contributed by atoms with van der Waals surface area (Å²) in [6, 6.07) is 11.6. The van der Waals surface area contributed by atoms with Crippen LogP contribution in [0.3, 0.4) is 0 Å². The van der Waals surface area contributed by atoms with Crippen LogP contribution < -0.4 is 26.6 Å². The van der Waals surface area contributed by atoms with Crippen LogP contribution in [0.5, 0.6) is 5.75 Å². The second kappa shape index (κ2) is 10.6. The van der Waals surface area contributed by atoms with Gasteiger partial charge in [-0.25, -0.2) is 13.6 Å². The Morgan fingerprint density at radius 3 is 2.55 bits per heavy atom. The minimum atomic E-state index is -0.986. The van der Waals surface area contributed by atoms with Crippen molar-refractivity contribution in [3.8, 4) is 5.75 Å². The van der Waals surface area contributed by atoms with Crippen molar-refractivity contribution in [2.45, 2.75) is 6.54 Å². The van der Waals surface area contributed by atoms with E-state index in [4.69, 9.17) is 15.2 Å². The Balaban J connectivity index is 1.93. The molecule has 174 valence electrons. The lowest BCUT2D eigenvalue weighted by molar-refractivity contribution is -0.120. The number of aromatic nitrogens is 2. The number of aromatic amines is 1. The smallest absolute Gasteiger partial charge is 0.330 e. The van der Waals surface area contributed by atoms with Crippen LogP contribution in [0.4, 0.5) is 20.3 Å². The fraction of sp³-hybridized carbons (Fsp3) is 0.227. The van der Waals surface area contributed by atoms with E-state index in [0.29, 0.717) is 6.07 Å². The van der Waals surface area contributed by atoms with Crippen molar-refractivity contribution in [1.29, 1.82) is 0 Å². The monoisotopic (exact) mass is 460 g/mol. The van der Waals surface area contributed by atoms with E-state index in [1.807, 2.05) is 6.07 Å². The maximum Gasteiger partial charge on any atom is 0.330 e. The molecule has 0 saturated carbocycles. The summed E-state index contributed by atoms with van der Waals surface area (Å²) in [5.74, 6) is -3.11. The SMILES string of the molecule is COCCN(C(=O)COc1ccc(F)cc1F)c1c(N)n(Cc2ccccc2)c(=O)[nH]c1=O. The lowest BCUT2D eigenvalue weighted by atomic mass is 10.2. The van der Waals surface area contributed by atoms with Crippen LogP contribution in [0.15, 0.2) is 58.1 Å². The van der Waals surface area contributed by atoms with Gasteiger partial charge in [0.1, 0.15) is 11.6 Å². The van der Waals surface area contributed by atoms with Gasteiger partial charge in [0.05, 0.1) is 13.2 Å². The zero-order valence-corrected chi connectivity index (χ0v) is 17.7. The molecule has 0 fully saturated rings. The lowest BCUT2D eigenvalue weighted by Gasteiger charge is -2.24. The second-order valence-corrected chi connectivity index (χ2v) is 6.97. The van der Waals surface area contributed by atoms with Crippen molar-refractivity contribution in [3.63, 3.8) is 0 Å². The highest BCUT2D eigenvalue weighted by molar-refractivity contribution is 5.96. The quantitative estimate of drug-likeness (QED) is 0.500. The van der Waals surface area contributed by atoms with Gasteiger partial charge < -0.3 is 15.2 Å². The molecular formula is C22H22F2N4O5. The van der Waals surface area contributed by atoms with Crippen molar-refractivity contribution < 1.29 is 23.0 Å². The molecule has 0 atom stereocenters. The van der Waals surface area contributed by atoms with Crippen molar-refractivity contribution >= 4 is 17.4 Å². The van der Waals surface area contributed by atoms with Gasteiger partial charge in [-0.05, 0) is 17.7 Å². The Morgan fingerprint density at radius 2 is 1.88 bits per heavy atom. The Morgan fingerprint density at radius 1 is 1.15 bits per heavy atom. The van der Waals surface area contributed by atoms with E-state index in [-0.39, 0.29) is 37.0 Å². The first kappa shape index (κ1) is 23.7. The molecule has 11 heteroatoms. The predicted octanol–water partition coefficient (Wildman–Crippen LogP) is 1.50. The number of H-pyrrole nitrogens is 1. The van der Waals surface area contributed by atoms with Gasteiger partial charge in [0.15, 0.2) is 23.9 Å². The van der Waals surface area contributed by atoms with Crippen LogP contribution in [0.25, 0.3) is 0 Å². The van der Waals surface area contributed by atoms with Gasteiger partial charge >= 0.3 is 5.69 Å². The lowest BCUT2D eigenvalue weighted by Crippen LogP contribution is -2.44. The minimum absolute atomic E-state index is 0.0351. The van der Waals surface area contributed by atoms with E-state index in [2.05, 4.69) is 4.98 Å². The Kier molecular flexibility index (Phi) is 7.57. The third kappa shape index (κ3) is 5.63.